The van der Waals surface area contributed by atoms with Gasteiger partial charge >= 0.3 is 0 Å². The van der Waals surface area contributed by atoms with Crippen LogP contribution < -0.4 is 0 Å². The molecule has 94 valence electrons. The first-order chi connectivity index (χ1) is 8.43. The fraction of sp³-hybridized carbons (Fsp3) is 0.143. The molecule has 0 aromatic heterocycles. The van der Waals surface area contributed by atoms with Crippen molar-refractivity contribution in [2.75, 3.05) is 0 Å². The molecule has 18 heavy (non-hydrogen) atoms. The highest BCUT2D eigenvalue weighted by molar-refractivity contribution is 7.91. The summed E-state index contributed by atoms with van der Waals surface area (Å²) in [5, 5.41) is 0.524. The second-order valence-electron chi connectivity index (χ2n) is 4.18. The van der Waals surface area contributed by atoms with Crippen LogP contribution >= 0.6 is 11.6 Å². The predicted octanol–water partition coefficient (Wildman–Crippen LogP) is 3.79. The molecule has 2 rings (SSSR count). The molecule has 2 nitrogen and oxygen atoms in total. The second kappa shape index (κ2) is 4.75. The van der Waals surface area contributed by atoms with Crippen molar-refractivity contribution >= 4 is 21.4 Å². The highest BCUT2D eigenvalue weighted by Gasteiger charge is 2.21. The Hall–Kier alpha value is -1.32. The highest BCUT2D eigenvalue weighted by Crippen LogP contribution is 2.27. The van der Waals surface area contributed by atoms with E-state index in [0.717, 1.165) is 11.1 Å². The minimum absolute atomic E-state index is 0.268. The average Bonchev–Trinajstić information content (AvgIpc) is 2.29. The lowest BCUT2D eigenvalue weighted by atomic mass is 10.2. The van der Waals surface area contributed by atoms with Gasteiger partial charge in [-0.2, -0.15) is 0 Å². The van der Waals surface area contributed by atoms with E-state index in [1.165, 1.54) is 12.1 Å². The third-order valence-electron chi connectivity index (χ3n) is 2.80. The van der Waals surface area contributed by atoms with E-state index < -0.39 is 9.84 Å². The molecule has 0 spiro atoms. The highest BCUT2D eigenvalue weighted by atomic mass is 35.5. The molecule has 0 radical (unpaired) electrons. The molecule has 0 amide bonds. The van der Waals surface area contributed by atoms with Crippen molar-refractivity contribution in [3.8, 4) is 0 Å². The Morgan fingerprint density at radius 1 is 0.889 bits per heavy atom. The number of rotatable bonds is 2. The van der Waals surface area contributed by atoms with Gasteiger partial charge in [-0.1, -0.05) is 29.8 Å². The number of benzene rings is 2. The summed E-state index contributed by atoms with van der Waals surface area (Å²) < 4.78 is 25.1. The number of sulfone groups is 1. The molecule has 0 saturated carbocycles. The molecule has 0 aliphatic rings. The molecule has 0 bridgehead atoms. The molecule has 0 aliphatic heterocycles. The molecule has 0 fully saturated rings. The Morgan fingerprint density at radius 2 is 1.39 bits per heavy atom. The fourth-order valence-corrected chi connectivity index (χ4v) is 3.79. The van der Waals surface area contributed by atoms with Crippen LogP contribution in [0.4, 0.5) is 0 Å². The van der Waals surface area contributed by atoms with E-state index in [1.54, 1.807) is 38.1 Å². The first-order valence-electron chi connectivity index (χ1n) is 5.50. The zero-order valence-corrected chi connectivity index (χ0v) is 11.7. The maximum Gasteiger partial charge on any atom is 0.207 e. The average molecular weight is 281 g/mol. The Morgan fingerprint density at radius 3 is 1.89 bits per heavy atom. The van der Waals surface area contributed by atoms with Crippen LogP contribution in [0.5, 0.6) is 0 Å². The summed E-state index contributed by atoms with van der Waals surface area (Å²) >= 11 is 5.78. The lowest BCUT2D eigenvalue weighted by Gasteiger charge is -2.10. The van der Waals surface area contributed by atoms with Gasteiger partial charge in [0.2, 0.25) is 9.84 Å². The normalized spacial score (nSPS) is 11.5. The Kier molecular flexibility index (Phi) is 3.46. The molecule has 4 heteroatoms. The lowest BCUT2D eigenvalue weighted by Crippen LogP contribution is -2.06. The smallest absolute Gasteiger partial charge is 0.207 e. The molecular formula is C14H13ClO2S. The molecule has 0 N–H and O–H groups in total. The summed E-state index contributed by atoms with van der Waals surface area (Å²) in [4.78, 5) is 0.650. The Labute approximate surface area is 112 Å². The maximum absolute atomic E-state index is 12.5. The van der Waals surface area contributed by atoms with Crippen molar-refractivity contribution in [1.29, 1.82) is 0 Å². The monoisotopic (exact) mass is 280 g/mol. The van der Waals surface area contributed by atoms with Crippen LogP contribution in [-0.2, 0) is 9.84 Å². The van der Waals surface area contributed by atoms with Crippen molar-refractivity contribution in [1.82, 2.24) is 0 Å². The third kappa shape index (κ3) is 2.28. The van der Waals surface area contributed by atoms with Gasteiger partial charge in [-0.15, -0.1) is 0 Å². The van der Waals surface area contributed by atoms with Crippen LogP contribution in [0.1, 0.15) is 11.1 Å². The van der Waals surface area contributed by atoms with Crippen LogP contribution in [0, 0.1) is 13.8 Å². The minimum atomic E-state index is -3.48. The topological polar surface area (TPSA) is 34.1 Å². The summed E-state index contributed by atoms with van der Waals surface area (Å²) in [6.07, 6.45) is 0. The number of aryl methyl sites for hydroxylation is 2. The standard InChI is InChI=1S/C14H13ClO2S/c1-10-4-3-5-11(2)14(10)18(16,17)13-8-6-12(15)7-9-13/h3-9H,1-2H3. The summed E-state index contributed by atoms with van der Waals surface area (Å²) in [5.41, 5.74) is 1.51. The first-order valence-corrected chi connectivity index (χ1v) is 7.36. The van der Waals surface area contributed by atoms with Gasteiger partial charge in [0.25, 0.3) is 0 Å². The van der Waals surface area contributed by atoms with Crippen molar-refractivity contribution in [3.63, 3.8) is 0 Å². The van der Waals surface area contributed by atoms with E-state index in [9.17, 15) is 8.42 Å². The van der Waals surface area contributed by atoms with Gasteiger partial charge < -0.3 is 0 Å². The van der Waals surface area contributed by atoms with Gasteiger partial charge in [0.05, 0.1) is 9.79 Å². The van der Waals surface area contributed by atoms with Crippen LogP contribution in [0.3, 0.4) is 0 Å². The van der Waals surface area contributed by atoms with Gasteiger partial charge in [-0.25, -0.2) is 8.42 Å². The number of halogens is 1. The van der Waals surface area contributed by atoms with E-state index in [0.29, 0.717) is 9.92 Å². The first kappa shape index (κ1) is 13.1. The van der Waals surface area contributed by atoms with Crippen LogP contribution in [0.25, 0.3) is 0 Å². The van der Waals surface area contributed by atoms with Crippen molar-refractivity contribution in [2.24, 2.45) is 0 Å². The van der Waals surface area contributed by atoms with Gasteiger partial charge in [0.15, 0.2) is 0 Å². The minimum Gasteiger partial charge on any atom is -0.218 e. The van der Waals surface area contributed by atoms with Gasteiger partial charge in [0.1, 0.15) is 0 Å². The SMILES string of the molecule is Cc1cccc(C)c1S(=O)(=O)c1ccc(Cl)cc1. The summed E-state index contributed by atoms with van der Waals surface area (Å²) in [6, 6.07) is 11.7. The molecular weight excluding hydrogens is 268 g/mol. The second-order valence-corrected chi connectivity index (χ2v) is 6.50. The van der Waals surface area contributed by atoms with Crippen molar-refractivity contribution < 1.29 is 8.42 Å². The molecule has 0 aliphatic carbocycles. The van der Waals surface area contributed by atoms with Crippen LogP contribution in [0.15, 0.2) is 52.3 Å². The molecule has 2 aromatic carbocycles. The van der Waals surface area contributed by atoms with E-state index in [-0.39, 0.29) is 4.90 Å². The lowest BCUT2D eigenvalue weighted by molar-refractivity contribution is 0.595. The summed E-state index contributed by atoms with van der Waals surface area (Å²) in [7, 11) is -3.48. The van der Waals surface area contributed by atoms with E-state index >= 15 is 0 Å². The van der Waals surface area contributed by atoms with E-state index in [2.05, 4.69) is 0 Å². The van der Waals surface area contributed by atoms with E-state index in [1.807, 2.05) is 6.07 Å². The largest absolute Gasteiger partial charge is 0.218 e. The Bertz CT molecular complexity index is 653. The Balaban J connectivity index is 2.66. The summed E-state index contributed by atoms with van der Waals surface area (Å²) in [5.74, 6) is 0. The molecule has 0 unspecified atom stereocenters. The number of hydrogen-bond donors (Lipinski definition) is 0. The van der Waals surface area contributed by atoms with Crippen LogP contribution in [0.2, 0.25) is 5.02 Å². The molecule has 2 aromatic rings. The molecule has 0 atom stereocenters. The summed E-state index contributed by atoms with van der Waals surface area (Å²) in [6.45, 7) is 3.60. The predicted molar refractivity (Wildman–Crippen MR) is 72.8 cm³/mol. The zero-order chi connectivity index (χ0) is 13.3. The van der Waals surface area contributed by atoms with E-state index in [4.69, 9.17) is 11.6 Å². The fourth-order valence-electron chi connectivity index (χ4n) is 1.95. The van der Waals surface area contributed by atoms with Crippen molar-refractivity contribution in [3.05, 3.63) is 58.6 Å². The molecule has 0 saturated heterocycles. The van der Waals surface area contributed by atoms with Gasteiger partial charge in [0, 0.05) is 5.02 Å². The van der Waals surface area contributed by atoms with Gasteiger partial charge in [-0.05, 0) is 49.2 Å². The maximum atomic E-state index is 12.5. The quantitative estimate of drug-likeness (QED) is 0.839. The third-order valence-corrected chi connectivity index (χ3v) is 5.13. The van der Waals surface area contributed by atoms with Gasteiger partial charge in [-0.3, -0.25) is 0 Å². The van der Waals surface area contributed by atoms with Crippen molar-refractivity contribution in [2.45, 2.75) is 23.6 Å². The zero-order valence-electron chi connectivity index (χ0n) is 10.1. The van der Waals surface area contributed by atoms with Crippen LogP contribution in [-0.4, -0.2) is 8.42 Å². The number of hydrogen-bond acceptors (Lipinski definition) is 2. The molecule has 0 heterocycles.